The molecule has 7 heteroatoms. The highest BCUT2D eigenvalue weighted by Gasteiger charge is 2.33. The van der Waals surface area contributed by atoms with Gasteiger partial charge in [0, 0.05) is 25.8 Å². The standard InChI is InChI=1S/C18H21FN4O.HI/c1-12-8-16(12)23-18(20-2)22-10-13-5-6-17(15(19)9-13)24-14-4-3-7-21-11-14;/h3-7,9,11-12,16H,8,10H2,1-2H3,(H2,20,22,23);1H. The van der Waals surface area contributed by atoms with Gasteiger partial charge in [0.25, 0.3) is 0 Å². The van der Waals surface area contributed by atoms with Crippen LogP contribution in [-0.4, -0.2) is 24.0 Å². The summed E-state index contributed by atoms with van der Waals surface area (Å²) in [5, 5.41) is 6.53. The second-order valence-electron chi connectivity index (χ2n) is 5.95. The van der Waals surface area contributed by atoms with Crippen LogP contribution >= 0.6 is 24.0 Å². The molecule has 0 bridgehead atoms. The van der Waals surface area contributed by atoms with E-state index in [1.807, 2.05) is 6.07 Å². The van der Waals surface area contributed by atoms with Crippen LogP contribution < -0.4 is 15.4 Å². The first kappa shape index (κ1) is 19.4. The molecule has 1 aliphatic rings. The lowest BCUT2D eigenvalue weighted by Crippen LogP contribution is -2.38. The smallest absolute Gasteiger partial charge is 0.191 e. The average molecular weight is 456 g/mol. The molecule has 0 aliphatic heterocycles. The van der Waals surface area contributed by atoms with Crippen molar-refractivity contribution in [2.24, 2.45) is 10.9 Å². The molecule has 0 amide bonds. The van der Waals surface area contributed by atoms with Gasteiger partial charge in [-0.15, -0.1) is 24.0 Å². The fraction of sp³-hybridized carbons (Fsp3) is 0.333. The topological polar surface area (TPSA) is 58.5 Å². The number of ether oxygens (including phenoxy) is 1. The Labute approximate surface area is 164 Å². The van der Waals surface area contributed by atoms with Crippen LogP contribution in [0.5, 0.6) is 11.5 Å². The van der Waals surface area contributed by atoms with Crippen LogP contribution in [-0.2, 0) is 6.54 Å². The molecule has 2 unspecified atom stereocenters. The maximum absolute atomic E-state index is 14.2. The Bertz CT molecular complexity index is 726. The number of guanidine groups is 1. The number of hydrogen-bond donors (Lipinski definition) is 2. The number of benzene rings is 1. The fourth-order valence-corrected chi connectivity index (χ4v) is 2.35. The van der Waals surface area contributed by atoms with E-state index in [-0.39, 0.29) is 29.7 Å². The first-order valence-electron chi connectivity index (χ1n) is 7.99. The van der Waals surface area contributed by atoms with E-state index in [0.717, 1.165) is 17.9 Å². The first-order valence-corrected chi connectivity index (χ1v) is 7.99. The number of hydrogen-bond acceptors (Lipinski definition) is 3. The zero-order valence-corrected chi connectivity index (χ0v) is 16.5. The van der Waals surface area contributed by atoms with Crippen LogP contribution in [0.1, 0.15) is 18.9 Å². The maximum Gasteiger partial charge on any atom is 0.191 e. The zero-order chi connectivity index (χ0) is 16.9. The van der Waals surface area contributed by atoms with Crippen molar-refractivity contribution < 1.29 is 9.13 Å². The number of pyridine rings is 1. The summed E-state index contributed by atoms with van der Waals surface area (Å²) in [5.41, 5.74) is 0.817. The molecule has 1 aromatic heterocycles. The van der Waals surface area contributed by atoms with Crippen molar-refractivity contribution in [2.45, 2.75) is 25.9 Å². The number of aromatic nitrogens is 1. The molecule has 1 fully saturated rings. The van der Waals surface area contributed by atoms with Crippen LogP contribution in [0.25, 0.3) is 0 Å². The van der Waals surface area contributed by atoms with Crippen molar-refractivity contribution in [1.29, 1.82) is 0 Å². The number of aliphatic imine (C=N–C) groups is 1. The minimum Gasteiger partial charge on any atom is -0.453 e. The summed E-state index contributed by atoms with van der Waals surface area (Å²) in [4.78, 5) is 8.13. The molecular weight excluding hydrogens is 434 g/mol. The molecule has 0 spiro atoms. The SMILES string of the molecule is CN=C(NCc1ccc(Oc2cccnc2)c(F)c1)NC1CC1C.I. The van der Waals surface area contributed by atoms with E-state index in [1.165, 1.54) is 6.07 Å². The molecule has 0 radical (unpaired) electrons. The predicted octanol–water partition coefficient (Wildman–Crippen LogP) is 3.70. The van der Waals surface area contributed by atoms with Gasteiger partial charge < -0.3 is 15.4 Å². The third-order valence-electron chi connectivity index (χ3n) is 3.97. The third kappa shape index (κ3) is 5.55. The summed E-state index contributed by atoms with van der Waals surface area (Å²) < 4.78 is 19.7. The highest BCUT2D eigenvalue weighted by atomic mass is 127. The summed E-state index contributed by atoms with van der Waals surface area (Å²) in [6, 6.07) is 8.88. The van der Waals surface area contributed by atoms with Gasteiger partial charge in [0.05, 0.1) is 6.20 Å². The zero-order valence-electron chi connectivity index (χ0n) is 14.2. The molecule has 25 heavy (non-hydrogen) atoms. The molecule has 1 aliphatic carbocycles. The van der Waals surface area contributed by atoms with Crippen LogP contribution in [0, 0.1) is 11.7 Å². The van der Waals surface area contributed by atoms with Gasteiger partial charge >= 0.3 is 0 Å². The molecule has 1 aromatic carbocycles. The summed E-state index contributed by atoms with van der Waals surface area (Å²) in [6.07, 6.45) is 4.35. The van der Waals surface area contributed by atoms with Gasteiger partial charge in [-0.25, -0.2) is 4.39 Å². The summed E-state index contributed by atoms with van der Waals surface area (Å²) in [7, 11) is 1.73. The fourth-order valence-electron chi connectivity index (χ4n) is 2.35. The third-order valence-corrected chi connectivity index (χ3v) is 3.97. The van der Waals surface area contributed by atoms with Gasteiger partial charge in [-0.2, -0.15) is 0 Å². The largest absolute Gasteiger partial charge is 0.453 e. The second kappa shape index (κ2) is 8.98. The average Bonchev–Trinajstić information content (AvgIpc) is 3.29. The Hall–Kier alpha value is -1.90. The molecule has 2 N–H and O–H groups in total. The predicted molar refractivity (Wildman–Crippen MR) is 107 cm³/mol. The van der Waals surface area contributed by atoms with Gasteiger partial charge in [-0.1, -0.05) is 13.0 Å². The van der Waals surface area contributed by atoms with E-state index < -0.39 is 5.82 Å². The van der Waals surface area contributed by atoms with Gasteiger partial charge in [0.15, 0.2) is 17.5 Å². The minimum atomic E-state index is -0.406. The Morgan fingerprint density at radius 2 is 2.20 bits per heavy atom. The Balaban J connectivity index is 0.00000225. The molecule has 0 saturated heterocycles. The van der Waals surface area contributed by atoms with Crippen molar-refractivity contribution in [3.63, 3.8) is 0 Å². The molecule has 2 aromatic rings. The lowest BCUT2D eigenvalue weighted by atomic mass is 10.2. The molecule has 1 saturated carbocycles. The molecule has 5 nitrogen and oxygen atoms in total. The monoisotopic (exact) mass is 456 g/mol. The Kier molecular flexibility index (Phi) is 6.98. The van der Waals surface area contributed by atoms with Crippen LogP contribution in [0.15, 0.2) is 47.7 Å². The Morgan fingerprint density at radius 1 is 1.40 bits per heavy atom. The lowest BCUT2D eigenvalue weighted by molar-refractivity contribution is 0.440. The van der Waals surface area contributed by atoms with E-state index in [9.17, 15) is 4.39 Å². The molecular formula is C18H22FIN4O. The van der Waals surface area contributed by atoms with Crippen molar-refractivity contribution in [3.8, 4) is 11.5 Å². The van der Waals surface area contributed by atoms with Gasteiger partial charge in [-0.05, 0) is 42.2 Å². The maximum atomic E-state index is 14.2. The number of nitrogens with zero attached hydrogens (tertiary/aromatic N) is 2. The minimum absolute atomic E-state index is 0. The quantitative estimate of drug-likeness (QED) is 0.410. The van der Waals surface area contributed by atoms with E-state index in [2.05, 4.69) is 27.5 Å². The Morgan fingerprint density at radius 3 is 2.80 bits per heavy atom. The normalized spacial score (nSPS) is 18.9. The van der Waals surface area contributed by atoms with E-state index in [1.54, 1.807) is 37.6 Å². The van der Waals surface area contributed by atoms with Crippen LogP contribution in [0.4, 0.5) is 4.39 Å². The van der Waals surface area contributed by atoms with E-state index in [0.29, 0.717) is 24.3 Å². The second-order valence-corrected chi connectivity index (χ2v) is 5.95. The van der Waals surface area contributed by atoms with Gasteiger partial charge in [0.2, 0.25) is 0 Å². The molecule has 3 rings (SSSR count). The van der Waals surface area contributed by atoms with Crippen LogP contribution in [0.2, 0.25) is 0 Å². The highest BCUT2D eigenvalue weighted by molar-refractivity contribution is 14.0. The van der Waals surface area contributed by atoms with Crippen molar-refractivity contribution in [3.05, 3.63) is 54.1 Å². The number of rotatable bonds is 5. The molecule has 134 valence electrons. The summed E-state index contributed by atoms with van der Waals surface area (Å²) >= 11 is 0. The molecule has 1 heterocycles. The van der Waals surface area contributed by atoms with Crippen molar-refractivity contribution in [1.82, 2.24) is 15.6 Å². The summed E-state index contributed by atoms with van der Waals surface area (Å²) in [5.74, 6) is 1.70. The number of halogens is 2. The molecule has 2 atom stereocenters. The van der Waals surface area contributed by atoms with Crippen molar-refractivity contribution >= 4 is 29.9 Å². The van der Waals surface area contributed by atoms with Crippen molar-refractivity contribution in [2.75, 3.05) is 7.05 Å². The van der Waals surface area contributed by atoms with Gasteiger partial charge in [-0.3, -0.25) is 9.98 Å². The number of nitrogens with one attached hydrogen (secondary N) is 2. The van der Waals surface area contributed by atoms with Gasteiger partial charge in [0.1, 0.15) is 5.75 Å². The van der Waals surface area contributed by atoms with E-state index >= 15 is 0 Å². The van der Waals surface area contributed by atoms with E-state index in [4.69, 9.17) is 4.74 Å². The summed E-state index contributed by atoms with van der Waals surface area (Å²) in [6.45, 7) is 2.69. The first-order chi connectivity index (χ1) is 11.7. The highest BCUT2D eigenvalue weighted by Crippen LogP contribution is 2.28. The van der Waals surface area contributed by atoms with Crippen LogP contribution in [0.3, 0.4) is 0 Å². The lowest BCUT2D eigenvalue weighted by Gasteiger charge is -2.12.